The first-order valence-electron chi connectivity index (χ1n) is 11.1. The summed E-state index contributed by atoms with van der Waals surface area (Å²) < 4.78 is 29.4. The van der Waals surface area contributed by atoms with Crippen molar-refractivity contribution in [3.05, 3.63) is 69.2 Å². The monoisotopic (exact) mass is 453 g/mol. The van der Waals surface area contributed by atoms with Crippen LogP contribution in [-0.4, -0.2) is 15.0 Å². The summed E-state index contributed by atoms with van der Waals surface area (Å²) in [6, 6.07) is 14.2. The third kappa shape index (κ3) is 3.92. The smallest absolute Gasteiger partial charge is 0.264 e. The van der Waals surface area contributed by atoms with Gasteiger partial charge in [-0.15, -0.1) is 11.3 Å². The highest BCUT2D eigenvalue weighted by Crippen LogP contribution is 2.37. The molecular formula is C25H27NO3S2. The summed E-state index contributed by atoms with van der Waals surface area (Å²) in [6.07, 6.45) is 6.15. The summed E-state index contributed by atoms with van der Waals surface area (Å²) in [5, 5.41) is 0.714. The van der Waals surface area contributed by atoms with Gasteiger partial charge in [0.05, 0.1) is 10.6 Å². The zero-order chi connectivity index (χ0) is 21.6. The summed E-state index contributed by atoms with van der Waals surface area (Å²) in [7, 11) is -3.66. The molecule has 0 aliphatic heterocycles. The molecule has 1 fully saturated rings. The van der Waals surface area contributed by atoms with Crippen molar-refractivity contribution >= 4 is 37.1 Å². The third-order valence-electron chi connectivity index (χ3n) is 6.65. The molecule has 2 aliphatic carbocycles. The normalized spacial score (nSPS) is 18.7. The van der Waals surface area contributed by atoms with Gasteiger partial charge in [-0.05, 0) is 74.3 Å². The fourth-order valence-electron chi connectivity index (χ4n) is 4.50. The molecule has 4 nitrogen and oxygen atoms in total. The van der Waals surface area contributed by atoms with E-state index in [0.717, 1.165) is 48.8 Å². The van der Waals surface area contributed by atoms with E-state index in [0.29, 0.717) is 34.3 Å². The van der Waals surface area contributed by atoms with Gasteiger partial charge in [-0.2, -0.15) is 0 Å². The molecule has 162 valence electrons. The van der Waals surface area contributed by atoms with E-state index in [4.69, 9.17) is 0 Å². The minimum Gasteiger partial charge on any atom is -0.289 e. The molecule has 1 heterocycles. The Morgan fingerprint density at radius 2 is 1.81 bits per heavy atom. The fraction of sp³-hybridized carbons (Fsp3) is 0.400. The summed E-state index contributed by atoms with van der Waals surface area (Å²) in [5.41, 5.74) is 1.76. The lowest BCUT2D eigenvalue weighted by Crippen LogP contribution is -2.33. The summed E-state index contributed by atoms with van der Waals surface area (Å²) in [4.78, 5) is 14.6. The van der Waals surface area contributed by atoms with E-state index in [-0.39, 0.29) is 5.43 Å². The minimum absolute atomic E-state index is 0.129. The van der Waals surface area contributed by atoms with Crippen LogP contribution in [0.5, 0.6) is 0 Å². The molecule has 0 bridgehead atoms. The van der Waals surface area contributed by atoms with E-state index >= 15 is 0 Å². The van der Waals surface area contributed by atoms with Crippen LogP contribution in [0.15, 0.2) is 58.2 Å². The first-order valence-corrected chi connectivity index (χ1v) is 13.4. The minimum atomic E-state index is -3.66. The van der Waals surface area contributed by atoms with Gasteiger partial charge in [0.15, 0.2) is 5.43 Å². The number of hydrogen-bond donors (Lipinski definition) is 0. The predicted molar refractivity (Wildman–Crippen MR) is 128 cm³/mol. The van der Waals surface area contributed by atoms with Crippen LogP contribution in [0.4, 0.5) is 5.69 Å². The third-order valence-corrected chi connectivity index (χ3v) is 9.67. The van der Waals surface area contributed by atoms with Gasteiger partial charge in [0.2, 0.25) is 0 Å². The Balaban J connectivity index is 1.61. The Morgan fingerprint density at radius 1 is 1.03 bits per heavy atom. The largest absolute Gasteiger partial charge is 0.289 e. The van der Waals surface area contributed by atoms with Gasteiger partial charge in [0.25, 0.3) is 10.0 Å². The molecule has 3 aromatic rings. The number of anilines is 1. The topological polar surface area (TPSA) is 54.5 Å². The molecule has 0 amide bonds. The first kappa shape index (κ1) is 20.7. The van der Waals surface area contributed by atoms with Crippen LogP contribution in [0.3, 0.4) is 0 Å². The van der Waals surface area contributed by atoms with Gasteiger partial charge in [-0.3, -0.25) is 9.10 Å². The van der Waals surface area contributed by atoms with E-state index in [1.807, 2.05) is 24.3 Å². The molecule has 6 heteroatoms. The summed E-state index contributed by atoms with van der Waals surface area (Å²) in [6.45, 7) is 2.70. The van der Waals surface area contributed by atoms with Gasteiger partial charge in [0.1, 0.15) is 0 Å². The van der Waals surface area contributed by atoms with Crippen LogP contribution in [-0.2, 0) is 22.9 Å². The molecule has 1 aromatic heterocycles. The predicted octanol–water partition coefficient (Wildman–Crippen LogP) is 5.38. The van der Waals surface area contributed by atoms with Crippen LogP contribution in [0, 0.1) is 11.8 Å². The van der Waals surface area contributed by atoms with Crippen LogP contribution < -0.4 is 9.73 Å². The maximum Gasteiger partial charge on any atom is 0.264 e. The van der Waals surface area contributed by atoms with Gasteiger partial charge in [-0.1, -0.05) is 31.5 Å². The lowest BCUT2D eigenvalue weighted by atomic mass is 9.87. The standard InChI is InChI=1S/C25H27NO3S2/c1-2-17-10-12-21-23(14-17)30-24-15-19(11-13-22(24)25(21)27)26(16-18-8-9-18)31(28,29)20-6-4-3-5-7-20/h3-7,11,13,15,17-18H,2,8-10,12,14,16H2,1H3. The SMILES string of the molecule is CCC1CCc2c(sc3cc(N(CC4CC4)S(=O)(=O)c4ccccc4)ccc3c2=O)C1. The zero-order valence-electron chi connectivity index (χ0n) is 17.7. The number of benzene rings is 2. The molecule has 31 heavy (non-hydrogen) atoms. The Bertz CT molecular complexity index is 1280. The molecule has 5 rings (SSSR count). The molecule has 2 aromatic carbocycles. The highest BCUT2D eigenvalue weighted by Gasteiger charge is 2.32. The van der Waals surface area contributed by atoms with Gasteiger partial charge in [0, 0.05) is 27.1 Å². The highest BCUT2D eigenvalue weighted by atomic mass is 32.2. The van der Waals surface area contributed by atoms with Crippen molar-refractivity contribution in [2.45, 2.75) is 50.3 Å². The van der Waals surface area contributed by atoms with Crippen molar-refractivity contribution < 1.29 is 8.42 Å². The van der Waals surface area contributed by atoms with Crippen molar-refractivity contribution in [1.82, 2.24) is 0 Å². The number of sulfonamides is 1. The Morgan fingerprint density at radius 3 is 2.52 bits per heavy atom. The Hall–Kier alpha value is -2.18. The maximum absolute atomic E-state index is 13.5. The Kier molecular flexibility index (Phi) is 5.39. The van der Waals surface area contributed by atoms with Crippen LogP contribution in [0.1, 0.15) is 43.0 Å². The number of rotatable bonds is 6. The second kappa shape index (κ2) is 8.06. The molecular weight excluding hydrogens is 426 g/mol. The van der Waals surface area contributed by atoms with Crippen molar-refractivity contribution in [2.75, 3.05) is 10.8 Å². The summed E-state index contributed by atoms with van der Waals surface area (Å²) >= 11 is 1.67. The number of fused-ring (bicyclic) bond motifs is 2. The van der Waals surface area contributed by atoms with Gasteiger partial charge in [-0.25, -0.2) is 8.42 Å². The molecule has 1 unspecified atom stereocenters. The summed E-state index contributed by atoms with van der Waals surface area (Å²) in [5.74, 6) is 1.04. The maximum atomic E-state index is 13.5. The average molecular weight is 454 g/mol. The van der Waals surface area contributed by atoms with Crippen molar-refractivity contribution in [3.63, 3.8) is 0 Å². The quantitative estimate of drug-likeness (QED) is 0.503. The second-order valence-electron chi connectivity index (χ2n) is 8.82. The fourth-order valence-corrected chi connectivity index (χ4v) is 7.40. The molecule has 0 saturated heterocycles. The lowest BCUT2D eigenvalue weighted by Gasteiger charge is -2.26. The van der Waals surface area contributed by atoms with E-state index in [1.54, 1.807) is 39.9 Å². The first-order chi connectivity index (χ1) is 15.0. The van der Waals surface area contributed by atoms with Gasteiger partial charge >= 0.3 is 0 Å². The van der Waals surface area contributed by atoms with E-state index < -0.39 is 10.0 Å². The lowest BCUT2D eigenvalue weighted by molar-refractivity contribution is 0.448. The highest BCUT2D eigenvalue weighted by molar-refractivity contribution is 7.92. The number of hydrogen-bond acceptors (Lipinski definition) is 4. The van der Waals surface area contributed by atoms with Crippen molar-refractivity contribution in [1.29, 1.82) is 0 Å². The van der Waals surface area contributed by atoms with E-state index in [2.05, 4.69) is 6.92 Å². The van der Waals surface area contributed by atoms with Crippen LogP contribution in [0.2, 0.25) is 0 Å². The Labute approximate surface area is 187 Å². The zero-order valence-corrected chi connectivity index (χ0v) is 19.3. The molecule has 0 N–H and O–H groups in total. The molecule has 0 spiro atoms. The average Bonchev–Trinajstić information content (AvgIpc) is 3.62. The van der Waals surface area contributed by atoms with Crippen LogP contribution >= 0.6 is 11.3 Å². The molecule has 1 atom stereocenters. The van der Waals surface area contributed by atoms with Gasteiger partial charge < -0.3 is 0 Å². The van der Waals surface area contributed by atoms with Crippen LogP contribution in [0.25, 0.3) is 10.1 Å². The van der Waals surface area contributed by atoms with Crippen molar-refractivity contribution in [3.8, 4) is 0 Å². The molecule has 0 radical (unpaired) electrons. The van der Waals surface area contributed by atoms with E-state index in [9.17, 15) is 13.2 Å². The van der Waals surface area contributed by atoms with Crippen molar-refractivity contribution in [2.24, 2.45) is 11.8 Å². The molecule has 1 saturated carbocycles. The second-order valence-corrected chi connectivity index (χ2v) is 11.8. The number of nitrogens with zero attached hydrogens (tertiary/aromatic N) is 1. The van der Waals surface area contributed by atoms with E-state index in [1.165, 1.54) is 4.88 Å². The molecule has 2 aliphatic rings.